The predicted molar refractivity (Wildman–Crippen MR) is 79.1 cm³/mol. The maximum Gasteiger partial charge on any atom is 0.264 e. The van der Waals surface area contributed by atoms with Gasteiger partial charge in [0.25, 0.3) is 5.91 Å². The summed E-state index contributed by atoms with van der Waals surface area (Å²) >= 11 is 1.63. The molecule has 1 aliphatic rings. The van der Waals surface area contributed by atoms with Gasteiger partial charge < -0.3 is 10.2 Å². The summed E-state index contributed by atoms with van der Waals surface area (Å²) in [6.45, 7) is 8.96. The molecule has 1 aliphatic heterocycles. The lowest BCUT2D eigenvalue weighted by Gasteiger charge is -2.33. The number of nitrogens with zero attached hydrogens (tertiary/aromatic N) is 1. The summed E-state index contributed by atoms with van der Waals surface area (Å²) in [7, 11) is 0. The molecule has 1 aromatic heterocycles. The van der Waals surface area contributed by atoms with Crippen LogP contribution in [-0.4, -0.2) is 36.5 Å². The van der Waals surface area contributed by atoms with Gasteiger partial charge in [-0.1, -0.05) is 6.92 Å². The summed E-state index contributed by atoms with van der Waals surface area (Å²) < 4.78 is 0. The van der Waals surface area contributed by atoms with Crippen molar-refractivity contribution in [1.82, 2.24) is 10.2 Å². The molecule has 0 aromatic carbocycles. The molecule has 5 heteroatoms. The van der Waals surface area contributed by atoms with Crippen LogP contribution in [0.3, 0.4) is 0 Å². The molecule has 3 nitrogen and oxygen atoms in total. The predicted octanol–water partition coefficient (Wildman–Crippen LogP) is 2.47. The summed E-state index contributed by atoms with van der Waals surface area (Å²) in [4.78, 5) is 16.6. The smallest absolute Gasteiger partial charge is 0.264 e. The molecule has 1 N–H and O–H groups in total. The van der Waals surface area contributed by atoms with E-state index in [4.69, 9.17) is 0 Å². The SMILES string of the molecule is CCc1cc(C(=O)N2CCNC[C@@H]2C)sc1C.Cl. The molecule has 1 fully saturated rings. The lowest BCUT2D eigenvalue weighted by molar-refractivity contribution is 0.0661. The minimum Gasteiger partial charge on any atom is -0.333 e. The zero-order valence-corrected chi connectivity index (χ0v) is 12.8. The molecular weight excluding hydrogens is 268 g/mol. The van der Waals surface area contributed by atoms with E-state index in [0.29, 0.717) is 6.04 Å². The van der Waals surface area contributed by atoms with Crippen LogP contribution in [0.2, 0.25) is 0 Å². The molecular formula is C13H21ClN2OS. The largest absolute Gasteiger partial charge is 0.333 e. The Kier molecular flexibility index (Phi) is 5.63. The maximum absolute atomic E-state index is 12.4. The van der Waals surface area contributed by atoms with Crippen LogP contribution in [-0.2, 0) is 6.42 Å². The van der Waals surface area contributed by atoms with Gasteiger partial charge in [0.05, 0.1) is 4.88 Å². The molecule has 1 saturated heterocycles. The van der Waals surface area contributed by atoms with Crippen LogP contribution >= 0.6 is 23.7 Å². The molecule has 1 amide bonds. The van der Waals surface area contributed by atoms with Crippen LogP contribution in [0.1, 0.15) is 34.0 Å². The van der Waals surface area contributed by atoms with E-state index in [1.54, 1.807) is 11.3 Å². The monoisotopic (exact) mass is 288 g/mol. The first-order chi connectivity index (χ1) is 8.13. The number of rotatable bonds is 2. The van der Waals surface area contributed by atoms with Gasteiger partial charge in [-0.3, -0.25) is 4.79 Å². The Hall–Kier alpha value is -0.580. The van der Waals surface area contributed by atoms with Crippen LogP contribution in [0.4, 0.5) is 0 Å². The maximum atomic E-state index is 12.4. The average molecular weight is 289 g/mol. The number of amides is 1. The highest BCUT2D eigenvalue weighted by Crippen LogP contribution is 2.24. The molecule has 0 unspecified atom stereocenters. The van der Waals surface area contributed by atoms with Crippen molar-refractivity contribution < 1.29 is 4.79 Å². The van der Waals surface area contributed by atoms with Crippen LogP contribution < -0.4 is 5.32 Å². The number of aryl methyl sites for hydroxylation is 2. The van der Waals surface area contributed by atoms with E-state index in [2.05, 4.69) is 32.2 Å². The fraction of sp³-hybridized carbons (Fsp3) is 0.615. The van der Waals surface area contributed by atoms with Gasteiger partial charge in [0.2, 0.25) is 0 Å². The van der Waals surface area contributed by atoms with E-state index >= 15 is 0 Å². The highest BCUT2D eigenvalue weighted by Gasteiger charge is 2.25. The lowest BCUT2D eigenvalue weighted by Crippen LogP contribution is -2.52. The third-order valence-electron chi connectivity index (χ3n) is 3.37. The molecule has 0 saturated carbocycles. The van der Waals surface area contributed by atoms with E-state index in [0.717, 1.165) is 30.9 Å². The van der Waals surface area contributed by atoms with E-state index < -0.39 is 0 Å². The molecule has 102 valence electrons. The first-order valence-electron chi connectivity index (χ1n) is 6.24. The van der Waals surface area contributed by atoms with Gasteiger partial charge in [-0.15, -0.1) is 23.7 Å². The minimum atomic E-state index is 0. The Balaban J connectivity index is 0.00000162. The molecule has 0 bridgehead atoms. The molecule has 2 rings (SSSR count). The lowest BCUT2D eigenvalue weighted by atomic mass is 10.1. The van der Waals surface area contributed by atoms with Crippen LogP contribution in [0.15, 0.2) is 6.07 Å². The summed E-state index contributed by atoms with van der Waals surface area (Å²) in [5, 5.41) is 3.31. The van der Waals surface area contributed by atoms with E-state index in [-0.39, 0.29) is 18.3 Å². The molecule has 0 spiro atoms. The van der Waals surface area contributed by atoms with E-state index in [1.165, 1.54) is 10.4 Å². The first kappa shape index (κ1) is 15.5. The zero-order valence-electron chi connectivity index (χ0n) is 11.2. The Morgan fingerprint density at radius 1 is 1.61 bits per heavy atom. The number of nitrogens with one attached hydrogen (secondary N) is 1. The van der Waals surface area contributed by atoms with Crippen molar-refractivity contribution in [3.63, 3.8) is 0 Å². The number of hydrogen-bond acceptors (Lipinski definition) is 3. The van der Waals surface area contributed by atoms with Gasteiger partial charge in [-0.2, -0.15) is 0 Å². The number of thiophene rings is 1. The third-order valence-corrected chi connectivity index (χ3v) is 4.46. The summed E-state index contributed by atoms with van der Waals surface area (Å²) in [6.07, 6.45) is 1.01. The van der Waals surface area contributed by atoms with Gasteiger partial charge in [0.15, 0.2) is 0 Å². The van der Waals surface area contributed by atoms with Crippen molar-refractivity contribution in [2.75, 3.05) is 19.6 Å². The Morgan fingerprint density at radius 3 is 2.89 bits per heavy atom. The summed E-state index contributed by atoms with van der Waals surface area (Å²) in [5.74, 6) is 0.201. The fourth-order valence-electron chi connectivity index (χ4n) is 2.26. The highest BCUT2D eigenvalue weighted by molar-refractivity contribution is 7.14. The van der Waals surface area contributed by atoms with Crippen LogP contribution in [0.25, 0.3) is 0 Å². The minimum absolute atomic E-state index is 0. The van der Waals surface area contributed by atoms with Crippen LogP contribution in [0, 0.1) is 6.92 Å². The van der Waals surface area contributed by atoms with E-state index in [9.17, 15) is 4.79 Å². The van der Waals surface area contributed by atoms with Gasteiger partial charge in [0.1, 0.15) is 0 Å². The summed E-state index contributed by atoms with van der Waals surface area (Å²) in [5.41, 5.74) is 1.31. The molecule has 0 radical (unpaired) electrons. The Morgan fingerprint density at radius 2 is 2.33 bits per heavy atom. The number of hydrogen-bond donors (Lipinski definition) is 1. The quantitative estimate of drug-likeness (QED) is 0.907. The second-order valence-corrected chi connectivity index (χ2v) is 5.85. The molecule has 18 heavy (non-hydrogen) atoms. The number of piperazine rings is 1. The molecule has 1 atom stereocenters. The van der Waals surface area contributed by atoms with E-state index in [1.807, 2.05) is 4.90 Å². The molecule has 1 aromatic rings. The van der Waals surface area contributed by atoms with Crippen molar-refractivity contribution in [3.8, 4) is 0 Å². The van der Waals surface area contributed by atoms with Gasteiger partial charge in [-0.25, -0.2) is 0 Å². The topological polar surface area (TPSA) is 32.3 Å². The summed E-state index contributed by atoms with van der Waals surface area (Å²) in [6, 6.07) is 2.36. The van der Waals surface area contributed by atoms with Crippen molar-refractivity contribution >= 4 is 29.7 Å². The van der Waals surface area contributed by atoms with Gasteiger partial charge in [-0.05, 0) is 31.9 Å². The highest BCUT2D eigenvalue weighted by atomic mass is 35.5. The number of carbonyl (C=O) groups is 1. The normalized spacial score (nSPS) is 19.5. The fourth-order valence-corrected chi connectivity index (χ4v) is 3.33. The standard InChI is InChI=1S/C13H20N2OS.ClH/c1-4-11-7-12(17-10(11)3)13(16)15-6-5-14-8-9(15)2;/h7,9,14H,4-6,8H2,1-3H3;1H/t9-;/m0./s1. The van der Waals surface area contributed by atoms with Crippen molar-refractivity contribution in [3.05, 3.63) is 21.4 Å². The first-order valence-corrected chi connectivity index (χ1v) is 7.06. The zero-order chi connectivity index (χ0) is 12.4. The number of carbonyl (C=O) groups excluding carboxylic acids is 1. The van der Waals surface area contributed by atoms with Crippen LogP contribution in [0.5, 0.6) is 0 Å². The second-order valence-electron chi connectivity index (χ2n) is 4.60. The number of halogens is 1. The van der Waals surface area contributed by atoms with Crippen molar-refractivity contribution in [2.24, 2.45) is 0 Å². The van der Waals surface area contributed by atoms with Gasteiger partial charge >= 0.3 is 0 Å². The van der Waals surface area contributed by atoms with Crippen molar-refractivity contribution in [1.29, 1.82) is 0 Å². The third kappa shape index (κ3) is 3.05. The Bertz CT molecular complexity index is 419. The Labute approximate surface area is 119 Å². The molecule has 0 aliphatic carbocycles. The second kappa shape index (κ2) is 6.55. The van der Waals surface area contributed by atoms with Crippen molar-refractivity contribution in [2.45, 2.75) is 33.2 Å². The van der Waals surface area contributed by atoms with Gasteiger partial charge in [0, 0.05) is 30.6 Å². The molecule has 2 heterocycles. The average Bonchev–Trinajstić information content (AvgIpc) is 2.70.